The summed E-state index contributed by atoms with van der Waals surface area (Å²) in [5.74, 6) is -0.0106. The van der Waals surface area contributed by atoms with Gasteiger partial charge in [-0.15, -0.1) is 0 Å². The van der Waals surface area contributed by atoms with Crippen molar-refractivity contribution in [3.05, 3.63) is 29.8 Å². The van der Waals surface area contributed by atoms with Crippen molar-refractivity contribution in [3.8, 4) is 0 Å². The summed E-state index contributed by atoms with van der Waals surface area (Å²) >= 11 is 0. The Labute approximate surface area is 94.4 Å². The first kappa shape index (κ1) is 11.1. The molecule has 1 fully saturated rings. The molecule has 1 aliphatic heterocycles. The van der Waals surface area contributed by atoms with Gasteiger partial charge in [0.2, 0.25) is 0 Å². The maximum atomic E-state index is 11.7. The van der Waals surface area contributed by atoms with Crippen LogP contribution in [0.4, 0.5) is 5.69 Å². The molecule has 0 bridgehead atoms. The average molecular weight is 221 g/mol. The van der Waals surface area contributed by atoms with E-state index >= 15 is 0 Å². The van der Waals surface area contributed by atoms with Crippen molar-refractivity contribution in [2.24, 2.45) is 0 Å². The highest BCUT2D eigenvalue weighted by atomic mass is 16.7. The van der Waals surface area contributed by atoms with E-state index in [0.717, 1.165) is 17.7 Å². The number of carbonyl (C=O) groups excluding carboxylic acids is 1. The highest BCUT2D eigenvalue weighted by molar-refractivity contribution is 5.93. The fraction of sp³-hybridized carbons (Fsp3) is 0.417. The van der Waals surface area contributed by atoms with E-state index in [0.29, 0.717) is 6.42 Å². The van der Waals surface area contributed by atoms with Crippen molar-refractivity contribution >= 4 is 11.6 Å². The maximum absolute atomic E-state index is 11.7. The van der Waals surface area contributed by atoms with Gasteiger partial charge in [0.25, 0.3) is 5.91 Å². The van der Waals surface area contributed by atoms with Crippen LogP contribution in [0.2, 0.25) is 0 Å². The summed E-state index contributed by atoms with van der Waals surface area (Å²) in [6, 6.07) is 7.12. The van der Waals surface area contributed by atoms with Gasteiger partial charge in [0, 0.05) is 0 Å². The van der Waals surface area contributed by atoms with E-state index in [1.165, 1.54) is 5.06 Å². The minimum atomic E-state index is -0.0106. The van der Waals surface area contributed by atoms with Crippen LogP contribution in [0.15, 0.2) is 24.3 Å². The Kier molecular flexibility index (Phi) is 3.22. The second-order valence-corrected chi connectivity index (χ2v) is 3.85. The first-order valence-corrected chi connectivity index (χ1v) is 5.44. The molecule has 0 radical (unpaired) electrons. The van der Waals surface area contributed by atoms with Crippen LogP contribution in [0.5, 0.6) is 0 Å². The zero-order valence-electron chi connectivity index (χ0n) is 9.22. The van der Waals surface area contributed by atoms with Gasteiger partial charge in [-0.2, -0.15) is 5.06 Å². The molecule has 0 aromatic heterocycles. The summed E-state index contributed by atoms with van der Waals surface area (Å²) in [7, 11) is 0. The van der Waals surface area contributed by atoms with Crippen molar-refractivity contribution in [1.82, 2.24) is 0 Å². The smallest absolute Gasteiger partial charge is 0.253 e. The second kappa shape index (κ2) is 4.63. The van der Waals surface area contributed by atoms with Gasteiger partial charge in [0.05, 0.1) is 24.8 Å². The molecule has 1 heterocycles. The number of nitrogens with zero attached hydrogens (tertiary/aromatic N) is 1. The summed E-state index contributed by atoms with van der Waals surface area (Å²) in [5, 5.41) is 10.3. The lowest BCUT2D eigenvalue weighted by molar-refractivity contribution is -0.119. The molecule has 1 N–H and O–H groups in total. The number of hydrogen-bond acceptors (Lipinski definition) is 3. The minimum Gasteiger partial charge on any atom is -0.392 e. The molecule has 0 spiro atoms. The average Bonchev–Trinajstić information content (AvgIpc) is 2.71. The van der Waals surface area contributed by atoms with Crippen molar-refractivity contribution in [2.75, 3.05) is 5.06 Å². The van der Waals surface area contributed by atoms with Gasteiger partial charge in [0.1, 0.15) is 0 Å². The fourth-order valence-corrected chi connectivity index (χ4v) is 1.68. The molecule has 2 rings (SSSR count). The molecular formula is C12H15NO3. The van der Waals surface area contributed by atoms with E-state index in [-0.39, 0.29) is 18.6 Å². The summed E-state index contributed by atoms with van der Waals surface area (Å²) in [6.07, 6.45) is 1.26. The van der Waals surface area contributed by atoms with Crippen LogP contribution in [0, 0.1) is 0 Å². The molecule has 16 heavy (non-hydrogen) atoms. The van der Waals surface area contributed by atoms with Crippen LogP contribution < -0.4 is 5.06 Å². The Hall–Kier alpha value is -1.39. The normalized spacial score (nSPS) is 20.5. The molecule has 1 aliphatic rings. The van der Waals surface area contributed by atoms with Gasteiger partial charge < -0.3 is 5.11 Å². The largest absolute Gasteiger partial charge is 0.392 e. The molecule has 1 aromatic rings. The third-order valence-electron chi connectivity index (χ3n) is 2.69. The quantitative estimate of drug-likeness (QED) is 0.843. The van der Waals surface area contributed by atoms with E-state index in [1.807, 2.05) is 6.92 Å². The summed E-state index contributed by atoms with van der Waals surface area (Å²) < 4.78 is 0. The summed E-state index contributed by atoms with van der Waals surface area (Å²) in [5.41, 5.74) is 1.54. The highest BCUT2D eigenvalue weighted by Crippen LogP contribution is 2.25. The van der Waals surface area contributed by atoms with Gasteiger partial charge >= 0.3 is 0 Å². The van der Waals surface area contributed by atoms with Gasteiger partial charge in [0.15, 0.2) is 0 Å². The van der Waals surface area contributed by atoms with Crippen molar-refractivity contribution < 1.29 is 14.7 Å². The molecule has 1 amide bonds. The molecule has 1 atom stereocenters. The van der Waals surface area contributed by atoms with Crippen LogP contribution >= 0.6 is 0 Å². The molecule has 4 heteroatoms. The van der Waals surface area contributed by atoms with Crippen LogP contribution in [-0.4, -0.2) is 17.1 Å². The molecule has 86 valence electrons. The number of hydroxylamine groups is 1. The fourth-order valence-electron chi connectivity index (χ4n) is 1.68. The predicted octanol–water partition coefficient (Wildman–Crippen LogP) is 1.63. The number of amides is 1. The monoisotopic (exact) mass is 221 g/mol. The predicted molar refractivity (Wildman–Crippen MR) is 59.6 cm³/mol. The zero-order chi connectivity index (χ0) is 11.5. The second-order valence-electron chi connectivity index (χ2n) is 3.85. The van der Waals surface area contributed by atoms with E-state index < -0.39 is 0 Å². The standard InChI is InChI=1S/C12H15NO3/c1-2-11-7-12(15)13(16-11)10-5-3-9(8-14)4-6-10/h3-6,11,14H,2,7-8H2,1H3. The Morgan fingerprint density at radius 3 is 2.62 bits per heavy atom. The van der Waals surface area contributed by atoms with Gasteiger partial charge in [-0.1, -0.05) is 19.1 Å². The number of rotatable bonds is 3. The summed E-state index contributed by atoms with van der Waals surface area (Å²) in [6.45, 7) is 2.00. The Morgan fingerprint density at radius 2 is 2.12 bits per heavy atom. The molecule has 1 saturated heterocycles. The van der Waals surface area contributed by atoms with E-state index in [9.17, 15) is 4.79 Å². The lowest BCUT2D eigenvalue weighted by Gasteiger charge is -2.15. The van der Waals surface area contributed by atoms with Crippen molar-refractivity contribution in [1.29, 1.82) is 0 Å². The van der Waals surface area contributed by atoms with Crippen LogP contribution in [0.1, 0.15) is 25.3 Å². The summed E-state index contributed by atoms with van der Waals surface area (Å²) in [4.78, 5) is 17.2. The van der Waals surface area contributed by atoms with E-state index in [4.69, 9.17) is 9.94 Å². The minimum absolute atomic E-state index is 0.00662. The first-order valence-electron chi connectivity index (χ1n) is 5.44. The number of carbonyl (C=O) groups is 1. The third-order valence-corrected chi connectivity index (χ3v) is 2.69. The maximum Gasteiger partial charge on any atom is 0.253 e. The zero-order valence-corrected chi connectivity index (χ0v) is 9.22. The lowest BCUT2D eigenvalue weighted by Crippen LogP contribution is -2.22. The Bertz CT molecular complexity index is 374. The molecule has 0 aliphatic carbocycles. The molecular weight excluding hydrogens is 206 g/mol. The van der Waals surface area contributed by atoms with E-state index in [1.54, 1.807) is 24.3 Å². The number of aliphatic hydroxyl groups is 1. The molecule has 0 saturated carbocycles. The van der Waals surface area contributed by atoms with E-state index in [2.05, 4.69) is 0 Å². The van der Waals surface area contributed by atoms with Crippen LogP contribution in [0.25, 0.3) is 0 Å². The van der Waals surface area contributed by atoms with Crippen LogP contribution in [-0.2, 0) is 16.2 Å². The molecule has 1 aromatic carbocycles. The van der Waals surface area contributed by atoms with Gasteiger partial charge in [-0.25, -0.2) is 0 Å². The number of aliphatic hydroxyl groups excluding tert-OH is 1. The third kappa shape index (κ3) is 2.08. The SMILES string of the molecule is CCC1CC(=O)N(c2ccc(CO)cc2)O1. The first-order chi connectivity index (χ1) is 7.74. The molecule has 4 nitrogen and oxygen atoms in total. The Balaban J connectivity index is 2.15. The topological polar surface area (TPSA) is 49.8 Å². The number of benzene rings is 1. The Morgan fingerprint density at radius 1 is 1.44 bits per heavy atom. The molecule has 1 unspecified atom stereocenters. The lowest BCUT2D eigenvalue weighted by atomic mass is 10.2. The number of hydrogen-bond donors (Lipinski definition) is 1. The number of anilines is 1. The van der Waals surface area contributed by atoms with Crippen LogP contribution in [0.3, 0.4) is 0 Å². The van der Waals surface area contributed by atoms with Crippen molar-refractivity contribution in [2.45, 2.75) is 32.5 Å². The van der Waals surface area contributed by atoms with Gasteiger partial charge in [-0.05, 0) is 24.1 Å². The van der Waals surface area contributed by atoms with Gasteiger partial charge in [-0.3, -0.25) is 9.63 Å². The van der Waals surface area contributed by atoms with Crippen molar-refractivity contribution in [3.63, 3.8) is 0 Å². The highest BCUT2D eigenvalue weighted by Gasteiger charge is 2.30.